The molecule has 1 saturated heterocycles. The summed E-state index contributed by atoms with van der Waals surface area (Å²) in [5.41, 5.74) is 0. The minimum atomic E-state index is -1.01. The van der Waals surface area contributed by atoms with Crippen LogP contribution >= 0.6 is 11.8 Å². The van der Waals surface area contributed by atoms with E-state index >= 15 is 0 Å². The van der Waals surface area contributed by atoms with Crippen molar-refractivity contribution < 1.29 is 18.9 Å². The number of carboxylic acid groups (broad SMARTS) is 1. The molecule has 20 heavy (non-hydrogen) atoms. The van der Waals surface area contributed by atoms with Crippen LogP contribution in [0.1, 0.15) is 26.7 Å². The fourth-order valence-corrected chi connectivity index (χ4v) is 3.77. The van der Waals surface area contributed by atoms with Crippen LogP contribution in [0.25, 0.3) is 0 Å². The lowest BCUT2D eigenvalue weighted by atomic mass is 10.2. The molecule has 4 atom stereocenters. The first-order valence-corrected chi connectivity index (χ1v) is 9.28. The molecule has 8 heteroatoms. The number of rotatable bonds is 6. The molecule has 0 aliphatic carbocycles. The van der Waals surface area contributed by atoms with Crippen molar-refractivity contribution in [3.05, 3.63) is 0 Å². The van der Waals surface area contributed by atoms with E-state index in [4.69, 9.17) is 0 Å². The van der Waals surface area contributed by atoms with Gasteiger partial charge < -0.3 is 10.4 Å². The van der Waals surface area contributed by atoms with Gasteiger partial charge in [-0.1, -0.05) is 13.3 Å². The van der Waals surface area contributed by atoms with Gasteiger partial charge in [0, 0.05) is 34.6 Å². The largest absolute Gasteiger partial charge is 0.480 e. The number of amides is 2. The van der Waals surface area contributed by atoms with Crippen LogP contribution < -0.4 is 5.32 Å². The second-order valence-electron chi connectivity index (χ2n) is 4.83. The summed E-state index contributed by atoms with van der Waals surface area (Å²) in [5, 5.41) is 11.7. The second-order valence-corrected chi connectivity index (χ2v) is 7.85. The summed E-state index contributed by atoms with van der Waals surface area (Å²) in [6, 6.07) is -1.16. The minimum Gasteiger partial charge on any atom is -0.480 e. The molecule has 1 fully saturated rings. The van der Waals surface area contributed by atoms with Crippen molar-refractivity contribution in [1.82, 2.24) is 10.2 Å². The number of carbonyl (C=O) groups excluding carboxylic acids is 1. The zero-order chi connectivity index (χ0) is 15.3. The van der Waals surface area contributed by atoms with Crippen LogP contribution in [-0.2, 0) is 15.6 Å². The first-order chi connectivity index (χ1) is 9.38. The number of thioether (sulfide) groups is 1. The van der Waals surface area contributed by atoms with Gasteiger partial charge >= 0.3 is 12.0 Å². The highest BCUT2D eigenvalue weighted by Crippen LogP contribution is 2.32. The van der Waals surface area contributed by atoms with Gasteiger partial charge in [-0.15, -0.1) is 11.8 Å². The number of nitrogens with one attached hydrogen (secondary N) is 1. The highest BCUT2D eigenvalue weighted by molar-refractivity contribution is 8.00. The van der Waals surface area contributed by atoms with E-state index in [1.807, 2.05) is 6.92 Å². The number of aliphatic carboxylic acids is 1. The molecule has 0 radical (unpaired) electrons. The monoisotopic (exact) mass is 322 g/mol. The SMILES string of the molecule is CCCC1SCC(C(=O)O)N1C(=O)NCC(C)S(C)=O. The van der Waals surface area contributed by atoms with Crippen LogP contribution in [0.3, 0.4) is 0 Å². The van der Waals surface area contributed by atoms with Crippen molar-refractivity contribution in [3.63, 3.8) is 0 Å². The number of hydrogen-bond donors (Lipinski definition) is 2. The summed E-state index contributed by atoms with van der Waals surface area (Å²) in [7, 11) is -1.01. The molecule has 2 amide bonds. The molecule has 0 aromatic rings. The number of carboxylic acids is 1. The molecule has 1 aliphatic heterocycles. The molecule has 116 valence electrons. The molecule has 1 rings (SSSR count). The summed E-state index contributed by atoms with van der Waals surface area (Å²) in [4.78, 5) is 24.9. The summed E-state index contributed by atoms with van der Waals surface area (Å²) < 4.78 is 11.3. The molecule has 4 unspecified atom stereocenters. The van der Waals surface area contributed by atoms with Crippen LogP contribution in [0.15, 0.2) is 0 Å². The Balaban J connectivity index is 2.68. The van der Waals surface area contributed by atoms with E-state index in [9.17, 15) is 18.9 Å². The van der Waals surface area contributed by atoms with Gasteiger partial charge in [-0.05, 0) is 13.3 Å². The lowest BCUT2D eigenvalue weighted by Crippen LogP contribution is -2.51. The van der Waals surface area contributed by atoms with Crippen molar-refractivity contribution in [2.45, 2.75) is 43.4 Å². The number of hydrogen-bond acceptors (Lipinski definition) is 4. The average molecular weight is 322 g/mol. The van der Waals surface area contributed by atoms with Crippen molar-refractivity contribution in [1.29, 1.82) is 0 Å². The summed E-state index contributed by atoms with van der Waals surface area (Å²) in [6.45, 7) is 4.08. The van der Waals surface area contributed by atoms with E-state index in [1.54, 1.807) is 13.2 Å². The fourth-order valence-electron chi connectivity index (χ4n) is 1.94. The zero-order valence-electron chi connectivity index (χ0n) is 12.0. The highest BCUT2D eigenvalue weighted by atomic mass is 32.2. The summed E-state index contributed by atoms with van der Waals surface area (Å²) >= 11 is 1.50. The quantitative estimate of drug-likeness (QED) is 0.764. The predicted octanol–water partition coefficient (Wildman–Crippen LogP) is 1.09. The van der Waals surface area contributed by atoms with E-state index in [1.165, 1.54) is 16.7 Å². The standard InChI is InChI=1S/C12H22N2O4S2/c1-4-5-10-14(9(7-19-10)11(15)16)12(17)13-6-8(2)20(3)18/h8-10H,4-7H2,1-3H3,(H,13,17)(H,15,16). The number of nitrogens with zero attached hydrogens (tertiary/aromatic N) is 1. The first-order valence-electron chi connectivity index (χ1n) is 6.61. The lowest BCUT2D eigenvalue weighted by Gasteiger charge is -2.27. The highest BCUT2D eigenvalue weighted by Gasteiger charge is 2.41. The normalized spacial score (nSPS) is 25.2. The van der Waals surface area contributed by atoms with Gasteiger partial charge in [0.2, 0.25) is 0 Å². The van der Waals surface area contributed by atoms with Crippen LogP contribution in [0.5, 0.6) is 0 Å². The lowest BCUT2D eigenvalue weighted by molar-refractivity contribution is -0.141. The first kappa shape index (κ1) is 17.3. The molecule has 2 N–H and O–H groups in total. The van der Waals surface area contributed by atoms with E-state index in [2.05, 4.69) is 5.32 Å². The maximum atomic E-state index is 12.2. The zero-order valence-corrected chi connectivity index (χ0v) is 13.6. The Hall–Kier alpha value is -0.760. The van der Waals surface area contributed by atoms with Gasteiger partial charge in [-0.3, -0.25) is 9.11 Å². The minimum absolute atomic E-state index is 0.0940. The summed E-state index contributed by atoms with van der Waals surface area (Å²) in [6.07, 6.45) is 3.25. The molecule has 0 aromatic carbocycles. The second kappa shape index (κ2) is 7.87. The van der Waals surface area contributed by atoms with Crippen LogP contribution in [0.2, 0.25) is 0 Å². The van der Waals surface area contributed by atoms with Crippen molar-refractivity contribution in [2.24, 2.45) is 0 Å². The molecular formula is C12H22N2O4S2. The van der Waals surface area contributed by atoms with Gasteiger partial charge in [0.25, 0.3) is 0 Å². The molecule has 1 heterocycles. The van der Waals surface area contributed by atoms with E-state index in [0.717, 1.165) is 12.8 Å². The van der Waals surface area contributed by atoms with Gasteiger partial charge in [-0.2, -0.15) is 0 Å². The Kier molecular flexibility index (Phi) is 6.81. The molecule has 0 aromatic heterocycles. The van der Waals surface area contributed by atoms with Crippen LogP contribution in [-0.4, -0.2) is 61.4 Å². The smallest absolute Gasteiger partial charge is 0.327 e. The average Bonchev–Trinajstić information content (AvgIpc) is 2.79. The van der Waals surface area contributed by atoms with Crippen molar-refractivity contribution in [2.75, 3.05) is 18.6 Å². The third kappa shape index (κ3) is 4.37. The Morgan fingerprint density at radius 3 is 2.70 bits per heavy atom. The van der Waals surface area contributed by atoms with Gasteiger partial charge in [0.1, 0.15) is 6.04 Å². The predicted molar refractivity (Wildman–Crippen MR) is 81.3 cm³/mol. The summed E-state index contributed by atoms with van der Waals surface area (Å²) in [5.74, 6) is -0.554. The van der Waals surface area contributed by atoms with E-state index < -0.39 is 22.8 Å². The molecule has 6 nitrogen and oxygen atoms in total. The van der Waals surface area contributed by atoms with Gasteiger partial charge in [-0.25, -0.2) is 9.59 Å². The van der Waals surface area contributed by atoms with Gasteiger partial charge in [0.15, 0.2) is 0 Å². The third-order valence-electron chi connectivity index (χ3n) is 3.26. The fraction of sp³-hybridized carbons (Fsp3) is 0.833. The molecule has 1 aliphatic rings. The topological polar surface area (TPSA) is 86.7 Å². The third-order valence-corrected chi connectivity index (χ3v) is 5.91. The molecule has 0 spiro atoms. The number of carbonyl (C=O) groups is 2. The number of urea groups is 1. The van der Waals surface area contributed by atoms with Crippen LogP contribution in [0.4, 0.5) is 4.79 Å². The van der Waals surface area contributed by atoms with Crippen molar-refractivity contribution >= 4 is 34.6 Å². The van der Waals surface area contributed by atoms with E-state index in [-0.39, 0.29) is 23.2 Å². The van der Waals surface area contributed by atoms with Gasteiger partial charge in [0.05, 0.1) is 5.37 Å². The maximum absolute atomic E-state index is 12.2. The molecular weight excluding hydrogens is 300 g/mol. The molecule has 0 bridgehead atoms. The Bertz CT molecular complexity index is 392. The maximum Gasteiger partial charge on any atom is 0.327 e. The van der Waals surface area contributed by atoms with Crippen molar-refractivity contribution in [3.8, 4) is 0 Å². The Morgan fingerprint density at radius 1 is 1.55 bits per heavy atom. The molecule has 0 saturated carbocycles. The van der Waals surface area contributed by atoms with Crippen LogP contribution in [0, 0.1) is 0 Å². The Morgan fingerprint density at radius 2 is 2.20 bits per heavy atom. The Labute approximate surface area is 126 Å². The van der Waals surface area contributed by atoms with E-state index in [0.29, 0.717) is 5.75 Å².